The Bertz CT molecular complexity index is 662. The number of carbonyl (C=O) groups excluding carboxylic acids is 1. The van der Waals surface area contributed by atoms with Crippen molar-refractivity contribution in [2.45, 2.75) is 40.0 Å². The molecule has 0 spiro atoms. The fourth-order valence-corrected chi connectivity index (χ4v) is 2.67. The maximum absolute atomic E-state index is 12.1. The lowest BCUT2D eigenvalue weighted by Gasteiger charge is -2.09. The molecule has 0 heterocycles. The van der Waals surface area contributed by atoms with Crippen LogP contribution in [0, 0.1) is 13.8 Å². The number of carbonyl (C=O) groups is 1. The fourth-order valence-electron chi connectivity index (χ4n) is 2.67. The minimum Gasteiger partial charge on any atom is -0.494 e. The van der Waals surface area contributed by atoms with E-state index < -0.39 is 0 Å². The molecular weight excluding hydrogens is 298 g/mol. The first-order chi connectivity index (χ1) is 11.6. The van der Waals surface area contributed by atoms with Crippen molar-refractivity contribution in [3.05, 3.63) is 64.7 Å². The van der Waals surface area contributed by atoms with Crippen molar-refractivity contribution >= 4 is 5.91 Å². The molecule has 0 bridgehead atoms. The lowest BCUT2D eigenvalue weighted by atomic mass is 10.0. The molecule has 2 aromatic carbocycles. The maximum Gasteiger partial charge on any atom is 0.224 e. The summed E-state index contributed by atoms with van der Waals surface area (Å²) in [5.74, 6) is 0.999. The first-order valence-electron chi connectivity index (χ1n) is 8.63. The molecule has 0 saturated carbocycles. The molecule has 2 rings (SSSR count). The van der Waals surface area contributed by atoms with Crippen molar-refractivity contribution in [1.29, 1.82) is 0 Å². The zero-order valence-electron chi connectivity index (χ0n) is 14.9. The minimum atomic E-state index is 0.0930. The molecule has 0 saturated heterocycles. The summed E-state index contributed by atoms with van der Waals surface area (Å²) in [6, 6.07) is 14.4. The monoisotopic (exact) mass is 325 g/mol. The number of aryl methyl sites for hydroxylation is 3. The SMILES string of the molecule is CCOc1ccc(CCCNC(=O)Cc2cc(C)ccc2C)cc1. The number of ether oxygens (including phenoxy) is 1. The number of benzene rings is 2. The molecule has 0 aliphatic rings. The van der Waals surface area contributed by atoms with Crippen LogP contribution >= 0.6 is 0 Å². The minimum absolute atomic E-state index is 0.0930. The van der Waals surface area contributed by atoms with E-state index in [0.29, 0.717) is 19.6 Å². The highest BCUT2D eigenvalue weighted by molar-refractivity contribution is 5.78. The molecule has 24 heavy (non-hydrogen) atoms. The van der Waals surface area contributed by atoms with E-state index in [-0.39, 0.29) is 5.91 Å². The van der Waals surface area contributed by atoms with Gasteiger partial charge in [-0.25, -0.2) is 0 Å². The van der Waals surface area contributed by atoms with Gasteiger partial charge < -0.3 is 10.1 Å². The van der Waals surface area contributed by atoms with Crippen LogP contribution in [0.3, 0.4) is 0 Å². The summed E-state index contributed by atoms with van der Waals surface area (Å²) in [4.78, 5) is 12.1. The van der Waals surface area contributed by atoms with E-state index in [1.807, 2.05) is 26.0 Å². The van der Waals surface area contributed by atoms with E-state index >= 15 is 0 Å². The predicted molar refractivity (Wildman–Crippen MR) is 98.6 cm³/mol. The normalized spacial score (nSPS) is 10.5. The van der Waals surface area contributed by atoms with Gasteiger partial charge in [-0.15, -0.1) is 0 Å². The smallest absolute Gasteiger partial charge is 0.224 e. The Morgan fingerprint density at radius 3 is 2.54 bits per heavy atom. The molecule has 0 radical (unpaired) electrons. The Labute approximate surface area is 145 Å². The number of nitrogens with one attached hydrogen (secondary N) is 1. The second-order valence-electron chi connectivity index (χ2n) is 6.14. The molecule has 0 aliphatic carbocycles. The number of amides is 1. The molecule has 0 fully saturated rings. The number of hydrogen-bond acceptors (Lipinski definition) is 2. The largest absolute Gasteiger partial charge is 0.494 e. The number of rotatable bonds is 8. The van der Waals surface area contributed by atoms with Gasteiger partial charge >= 0.3 is 0 Å². The molecule has 2 aromatic rings. The average molecular weight is 325 g/mol. The van der Waals surface area contributed by atoms with E-state index in [4.69, 9.17) is 4.74 Å². The van der Waals surface area contributed by atoms with E-state index in [1.54, 1.807) is 0 Å². The molecule has 3 heteroatoms. The second kappa shape index (κ2) is 9.11. The van der Waals surface area contributed by atoms with E-state index in [9.17, 15) is 4.79 Å². The summed E-state index contributed by atoms with van der Waals surface area (Å²) < 4.78 is 5.44. The molecule has 3 nitrogen and oxygen atoms in total. The van der Waals surface area contributed by atoms with Crippen LogP contribution in [0.15, 0.2) is 42.5 Å². The fraction of sp³-hybridized carbons (Fsp3) is 0.381. The molecule has 0 unspecified atom stereocenters. The Balaban J connectivity index is 1.71. The van der Waals surface area contributed by atoms with Gasteiger partial charge in [-0.3, -0.25) is 4.79 Å². The van der Waals surface area contributed by atoms with Crippen LogP contribution < -0.4 is 10.1 Å². The van der Waals surface area contributed by atoms with Crippen LogP contribution in [0.5, 0.6) is 5.75 Å². The molecule has 1 amide bonds. The van der Waals surface area contributed by atoms with Crippen LogP contribution in [0.2, 0.25) is 0 Å². The third-order valence-corrected chi connectivity index (χ3v) is 4.05. The Hall–Kier alpha value is -2.29. The lowest BCUT2D eigenvalue weighted by Crippen LogP contribution is -2.26. The molecule has 0 aliphatic heterocycles. The third-order valence-electron chi connectivity index (χ3n) is 4.05. The van der Waals surface area contributed by atoms with Gasteiger partial charge in [-0.2, -0.15) is 0 Å². The maximum atomic E-state index is 12.1. The summed E-state index contributed by atoms with van der Waals surface area (Å²) in [6.07, 6.45) is 2.35. The first kappa shape index (κ1) is 18.1. The highest BCUT2D eigenvalue weighted by Crippen LogP contribution is 2.13. The molecule has 0 atom stereocenters. The topological polar surface area (TPSA) is 38.3 Å². The van der Waals surface area contributed by atoms with Crippen LogP contribution in [0.1, 0.15) is 35.6 Å². The lowest BCUT2D eigenvalue weighted by molar-refractivity contribution is -0.120. The van der Waals surface area contributed by atoms with Crippen LogP contribution in [-0.4, -0.2) is 19.1 Å². The Morgan fingerprint density at radius 2 is 1.83 bits per heavy atom. The summed E-state index contributed by atoms with van der Waals surface area (Å²) in [7, 11) is 0. The van der Waals surface area contributed by atoms with Gasteiger partial charge in [-0.05, 0) is 62.4 Å². The van der Waals surface area contributed by atoms with Crippen molar-refractivity contribution in [1.82, 2.24) is 5.32 Å². The highest BCUT2D eigenvalue weighted by atomic mass is 16.5. The van der Waals surface area contributed by atoms with Crippen molar-refractivity contribution in [2.24, 2.45) is 0 Å². The van der Waals surface area contributed by atoms with Crippen molar-refractivity contribution < 1.29 is 9.53 Å². The van der Waals surface area contributed by atoms with Crippen LogP contribution in [-0.2, 0) is 17.6 Å². The van der Waals surface area contributed by atoms with Crippen molar-refractivity contribution in [3.63, 3.8) is 0 Å². The zero-order valence-corrected chi connectivity index (χ0v) is 14.9. The summed E-state index contributed by atoms with van der Waals surface area (Å²) >= 11 is 0. The Morgan fingerprint density at radius 1 is 1.08 bits per heavy atom. The van der Waals surface area contributed by atoms with E-state index in [2.05, 4.69) is 42.6 Å². The third kappa shape index (κ3) is 5.73. The summed E-state index contributed by atoms with van der Waals surface area (Å²) in [5.41, 5.74) is 4.74. The van der Waals surface area contributed by atoms with E-state index in [0.717, 1.165) is 24.2 Å². The van der Waals surface area contributed by atoms with Gasteiger partial charge in [0, 0.05) is 6.54 Å². The first-order valence-corrected chi connectivity index (χ1v) is 8.63. The van der Waals surface area contributed by atoms with Gasteiger partial charge in [-0.1, -0.05) is 35.9 Å². The second-order valence-corrected chi connectivity index (χ2v) is 6.14. The van der Waals surface area contributed by atoms with E-state index in [1.165, 1.54) is 16.7 Å². The van der Waals surface area contributed by atoms with Gasteiger partial charge in [0.15, 0.2) is 0 Å². The van der Waals surface area contributed by atoms with Crippen LogP contribution in [0.4, 0.5) is 0 Å². The predicted octanol–water partition coefficient (Wildman–Crippen LogP) is 3.99. The zero-order chi connectivity index (χ0) is 17.4. The van der Waals surface area contributed by atoms with Gasteiger partial charge in [0.05, 0.1) is 13.0 Å². The summed E-state index contributed by atoms with van der Waals surface area (Å²) in [5, 5.41) is 3.02. The average Bonchev–Trinajstić information content (AvgIpc) is 2.57. The van der Waals surface area contributed by atoms with Crippen molar-refractivity contribution in [3.8, 4) is 5.75 Å². The molecular formula is C21H27NO2. The van der Waals surface area contributed by atoms with Gasteiger partial charge in [0.1, 0.15) is 5.75 Å². The quantitative estimate of drug-likeness (QED) is 0.745. The standard InChI is InChI=1S/C21H27NO2/c1-4-24-20-11-9-18(10-12-20)6-5-13-22-21(23)15-19-14-16(2)7-8-17(19)3/h7-12,14H,4-6,13,15H2,1-3H3,(H,22,23). The molecule has 0 aromatic heterocycles. The summed E-state index contributed by atoms with van der Waals surface area (Å²) in [6.45, 7) is 7.48. The van der Waals surface area contributed by atoms with Crippen LogP contribution in [0.25, 0.3) is 0 Å². The number of hydrogen-bond donors (Lipinski definition) is 1. The van der Waals surface area contributed by atoms with Gasteiger partial charge in [0.2, 0.25) is 5.91 Å². The molecule has 1 N–H and O–H groups in total. The molecule has 128 valence electrons. The highest BCUT2D eigenvalue weighted by Gasteiger charge is 2.06. The van der Waals surface area contributed by atoms with Gasteiger partial charge in [0.25, 0.3) is 0 Å². The Kier molecular flexibility index (Phi) is 6.86. The van der Waals surface area contributed by atoms with Crippen molar-refractivity contribution in [2.75, 3.05) is 13.2 Å².